The second kappa shape index (κ2) is 6.84. The molecule has 1 amide bonds. The molecule has 0 bridgehead atoms. The Balaban J connectivity index is 1.41. The minimum Gasteiger partial charge on any atom is -0.486 e. The summed E-state index contributed by atoms with van der Waals surface area (Å²) in [5.74, 6) is 1.09. The van der Waals surface area contributed by atoms with E-state index in [1.807, 2.05) is 19.1 Å². The summed E-state index contributed by atoms with van der Waals surface area (Å²) < 4.78 is 16.7. The Labute approximate surface area is 145 Å². The molecule has 0 radical (unpaired) electrons. The number of aromatic nitrogens is 2. The van der Waals surface area contributed by atoms with Crippen molar-refractivity contribution < 1.29 is 18.8 Å². The molecule has 25 heavy (non-hydrogen) atoms. The maximum atomic E-state index is 12.4. The van der Waals surface area contributed by atoms with E-state index in [4.69, 9.17) is 14.0 Å². The van der Waals surface area contributed by atoms with Crippen LogP contribution in [-0.4, -0.2) is 41.4 Å². The van der Waals surface area contributed by atoms with Crippen LogP contribution in [0.1, 0.15) is 47.1 Å². The summed E-state index contributed by atoms with van der Waals surface area (Å²) in [6, 6.07) is 5.26. The molecular formula is C18H21N3O4. The van der Waals surface area contributed by atoms with E-state index < -0.39 is 0 Å². The SMILES string of the molecule is Cc1ccc(O[C@@H]2CCOC[C@@H]2NC(=O)c2cc(C3CC3)no2)cn1. The third kappa shape index (κ3) is 3.82. The fourth-order valence-corrected chi connectivity index (χ4v) is 2.90. The molecule has 2 aromatic rings. The van der Waals surface area contributed by atoms with Crippen LogP contribution in [0.5, 0.6) is 5.75 Å². The fourth-order valence-electron chi connectivity index (χ4n) is 2.90. The molecule has 4 rings (SSSR count). The highest BCUT2D eigenvalue weighted by Crippen LogP contribution is 2.39. The molecule has 2 atom stereocenters. The van der Waals surface area contributed by atoms with Crippen molar-refractivity contribution in [3.63, 3.8) is 0 Å². The number of aryl methyl sites for hydroxylation is 1. The van der Waals surface area contributed by atoms with E-state index in [2.05, 4.69) is 15.5 Å². The number of amides is 1. The molecule has 0 unspecified atom stereocenters. The van der Waals surface area contributed by atoms with Crippen molar-refractivity contribution in [1.82, 2.24) is 15.5 Å². The van der Waals surface area contributed by atoms with Crippen molar-refractivity contribution in [2.75, 3.05) is 13.2 Å². The zero-order valence-electron chi connectivity index (χ0n) is 14.1. The molecule has 2 aromatic heterocycles. The quantitative estimate of drug-likeness (QED) is 0.896. The van der Waals surface area contributed by atoms with Crippen LogP contribution in [0.3, 0.4) is 0 Å². The Kier molecular flexibility index (Phi) is 4.40. The lowest BCUT2D eigenvalue weighted by Gasteiger charge is -2.32. The maximum absolute atomic E-state index is 12.4. The second-order valence-corrected chi connectivity index (χ2v) is 6.63. The third-order valence-electron chi connectivity index (χ3n) is 4.53. The average molecular weight is 343 g/mol. The van der Waals surface area contributed by atoms with Crippen LogP contribution < -0.4 is 10.1 Å². The molecule has 3 heterocycles. The summed E-state index contributed by atoms with van der Waals surface area (Å²) in [7, 11) is 0. The summed E-state index contributed by atoms with van der Waals surface area (Å²) in [6.45, 7) is 2.93. The number of hydrogen-bond acceptors (Lipinski definition) is 6. The van der Waals surface area contributed by atoms with Crippen molar-refractivity contribution in [1.29, 1.82) is 0 Å². The van der Waals surface area contributed by atoms with E-state index in [0.29, 0.717) is 31.3 Å². The van der Waals surface area contributed by atoms with Crippen molar-refractivity contribution in [2.24, 2.45) is 0 Å². The van der Waals surface area contributed by atoms with E-state index in [1.165, 1.54) is 0 Å². The van der Waals surface area contributed by atoms with Crippen molar-refractivity contribution in [2.45, 2.75) is 44.2 Å². The standard InChI is InChI=1S/C18H21N3O4/c1-11-2-5-13(9-19-11)24-16-6-7-23-10-15(16)20-18(22)17-8-14(21-25-17)12-3-4-12/h2,5,8-9,12,15-16H,3-4,6-7,10H2,1H3,(H,20,22)/t15-,16+/m0/s1. The van der Waals surface area contributed by atoms with Crippen molar-refractivity contribution >= 4 is 5.91 Å². The fraction of sp³-hybridized carbons (Fsp3) is 0.500. The van der Waals surface area contributed by atoms with Crippen LogP contribution in [-0.2, 0) is 4.74 Å². The Morgan fingerprint density at radius 1 is 1.32 bits per heavy atom. The number of nitrogens with zero attached hydrogens (tertiary/aromatic N) is 2. The van der Waals surface area contributed by atoms with Gasteiger partial charge in [-0.3, -0.25) is 9.78 Å². The van der Waals surface area contributed by atoms with E-state index in [9.17, 15) is 4.79 Å². The van der Waals surface area contributed by atoms with Crippen LogP contribution in [0.15, 0.2) is 28.9 Å². The van der Waals surface area contributed by atoms with Gasteiger partial charge in [0.05, 0.1) is 31.1 Å². The minimum absolute atomic E-state index is 0.173. The Morgan fingerprint density at radius 2 is 2.20 bits per heavy atom. The molecule has 1 aliphatic carbocycles. The molecular weight excluding hydrogens is 322 g/mol. The number of nitrogens with one attached hydrogen (secondary N) is 1. The summed E-state index contributed by atoms with van der Waals surface area (Å²) in [5.41, 5.74) is 1.80. The van der Waals surface area contributed by atoms with Crippen LogP contribution in [0.25, 0.3) is 0 Å². The maximum Gasteiger partial charge on any atom is 0.290 e. The van der Waals surface area contributed by atoms with Gasteiger partial charge in [0.2, 0.25) is 5.76 Å². The monoisotopic (exact) mass is 343 g/mol. The lowest BCUT2D eigenvalue weighted by Crippen LogP contribution is -2.51. The predicted octanol–water partition coefficient (Wildman–Crippen LogP) is 2.22. The molecule has 2 aliphatic rings. The normalized spacial score (nSPS) is 23.2. The van der Waals surface area contributed by atoms with Gasteiger partial charge >= 0.3 is 0 Å². The third-order valence-corrected chi connectivity index (χ3v) is 4.53. The van der Waals surface area contributed by atoms with Gasteiger partial charge in [0.1, 0.15) is 11.9 Å². The molecule has 1 saturated heterocycles. The van der Waals surface area contributed by atoms with E-state index >= 15 is 0 Å². The van der Waals surface area contributed by atoms with Crippen LogP contribution in [0.2, 0.25) is 0 Å². The molecule has 7 heteroatoms. The summed E-state index contributed by atoms with van der Waals surface area (Å²) in [6.07, 6.45) is 4.45. The van der Waals surface area contributed by atoms with Crippen molar-refractivity contribution in [3.8, 4) is 5.75 Å². The smallest absolute Gasteiger partial charge is 0.290 e. The lowest BCUT2D eigenvalue weighted by atomic mass is 10.1. The lowest BCUT2D eigenvalue weighted by molar-refractivity contribution is -0.00342. The van der Waals surface area contributed by atoms with Gasteiger partial charge in [-0.05, 0) is 31.9 Å². The average Bonchev–Trinajstić information content (AvgIpc) is 3.35. The second-order valence-electron chi connectivity index (χ2n) is 6.63. The van der Waals surface area contributed by atoms with Gasteiger partial charge in [-0.1, -0.05) is 5.16 Å². The summed E-state index contributed by atoms with van der Waals surface area (Å²) in [5, 5.41) is 6.93. The number of rotatable bonds is 5. The van der Waals surface area contributed by atoms with Gasteiger partial charge in [0, 0.05) is 24.1 Å². The molecule has 1 saturated carbocycles. The van der Waals surface area contributed by atoms with Crippen molar-refractivity contribution in [3.05, 3.63) is 41.5 Å². The number of pyridine rings is 1. The first kappa shape index (κ1) is 16.1. The van der Waals surface area contributed by atoms with E-state index in [1.54, 1.807) is 12.3 Å². The molecule has 7 nitrogen and oxygen atoms in total. The molecule has 0 spiro atoms. The highest BCUT2D eigenvalue weighted by molar-refractivity contribution is 5.91. The van der Waals surface area contributed by atoms with Crippen LogP contribution in [0.4, 0.5) is 0 Å². The minimum atomic E-state index is -0.287. The van der Waals surface area contributed by atoms with Gasteiger partial charge in [-0.2, -0.15) is 0 Å². The highest BCUT2D eigenvalue weighted by Gasteiger charge is 2.32. The van der Waals surface area contributed by atoms with Gasteiger partial charge in [0.25, 0.3) is 5.91 Å². The summed E-state index contributed by atoms with van der Waals surface area (Å²) >= 11 is 0. The molecule has 0 aromatic carbocycles. The van der Waals surface area contributed by atoms with Crippen LogP contribution >= 0.6 is 0 Å². The molecule has 1 N–H and O–H groups in total. The van der Waals surface area contributed by atoms with Gasteiger partial charge in [-0.25, -0.2) is 0 Å². The first-order valence-electron chi connectivity index (χ1n) is 8.63. The Bertz CT molecular complexity index is 739. The van der Waals surface area contributed by atoms with Crippen LogP contribution in [0, 0.1) is 6.92 Å². The molecule has 2 fully saturated rings. The summed E-state index contributed by atoms with van der Waals surface area (Å²) in [4.78, 5) is 16.7. The zero-order valence-corrected chi connectivity index (χ0v) is 14.1. The molecule has 132 valence electrons. The number of carbonyl (C=O) groups is 1. The number of carbonyl (C=O) groups excluding carboxylic acids is 1. The highest BCUT2D eigenvalue weighted by atomic mass is 16.5. The predicted molar refractivity (Wildman–Crippen MR) is 88.6 cm³/mol. The zero-order chi connectivity index (χ0) is 17.2. The van der Waals surface area contributed by atoms with Gasteiger partial charge < -0.3 is 19.3 Å². The number of hydrogen-bond donors (Lipinski definition) is 1. The Hall–Kier alpha value is -2.41. The first-order valence-corrected chi connectivity index (χ1v) is 8.63. The topological polar surface area (TPSA) is 86.5 Å². The van der Waals surface area contributed by atoms with Gasteiger partial charge in [0.15, 0.2) is 0 Å². The largest absolute Gasteiger partial charge is 0.486 e. The molecule has 1 aliphatic heterocycles. The first-order chi connectivity index (χ1) is 12.2. The number of ether oxygens (including phenoxy) is 2. The van der Waals surface area contributed by atoms with E-state index in [-0.39, 0.29) is 23.8 Å². The van der Waals surface area contributed by atoms with E-state index in [0.717, 1.165) is 24.2 Å². The Morgan fingerprint density at radius 3 is 2.96 bits per heavy atom. The van der Waals surface area contributed by atoms with Gasteiger partial charge in [-0.15, -0.1) is 0 Å².